The summed E-state index contributed by atoms with van der Waals surface area (Å²) >= 11 is 0. The molecule has 0 spiro atoms. The number of hydrogen-bond acceptors (Lipinski definition) is 3. The monoisotopic (exact) mass is 264 g/mol. The fourth-order valence-electron chi connectivity index (χ4n) is 2.71. The van der Waals surface area contributed by atoms with E-state index in [2.05, 4.69) is 11.8 Å². The summed E-state index contributed by atoms with van der Waals surface area (Å²) in [7, 11) is 0. The number of carbonyl (C=O) groups is 1. The topological polar surface area (TPSA) is 62.5 Å². The zero-order valence-electron chi connectivity index (χ0n) is 11.4. The van der Waals surface area contributed by atoms with Crippen molar-refractivity contribution >= 4 is 5.97 Å². The quantitative estimate of drug-likeness (QED) is 0.895. The van der Waals surface area contributed by atoms with E-state index >= 15 is 0 Å². The van der Waals surface area contributed by atoms with Gasteiger partial charge in [0.25, 0.3) is 0 Å². The van der Waals surface area contributed by atoms with Gasteiger partial charge in [0.05, 0.1) is 0 Å². The zero-order valence-corrected chi connectivity index (χ0v) is 11.4. The number of aryl methyl sites for hydroxylation is 1. The predicted octanol–water partition coefficient (Wildman–Crippen LogP) is 1.51. The third-order valence-electron chi connectivity index (χ3n) is 3.71. The Morgan fingerprint density at radius 3 is 2.63 bits per heavy atom. The van der Waals surface area contributed by atoms with Crippen LogP contribution in [0.1, 0.15) is 41.9 Å². The van der Waals surface area contributed by atoms with Crippen LogP contribution in [0, 0.1) is 6.92 Å². The van der Waals surface area contributed by atoms with Crippen molar-refractivity contribution in [2.75, 3.05) is 19.6 Å². The van der Waals surface area contributed by atoms with Crippen molar-refractivity contribution in [3.05, 3.63) is 33.7 Å². The van der Waals surface area contributed by atoms with Crippen LogP contribution in [-0.2, 0) is 0 Å². The maximum absolute atomic E-state index is 11.6. The summed E-state index contributed by atoms with van der Waals surface area (Å²) in [6.45, 7) is 7.00. The maximum Gasteiger partial charge on any atom is 0.341 e. The van der Waals surface area contributed by atoms with Gasteiger partial charge in [0.1, 0.15) is 5.56 Å². The summed E-state index contributed by atoms with van der Waals surface area (Å²) < 4.78 is 1.89. The van der Waals surface area contributed by atoms with E-state index < -0.39 is 11.4 Å². The molecule has 1 aliphatic rings. The molecule has 1 N–H and O–H groups in total. The molecular weight excluding hydrogens is 244 g/mol. The molecular formula is C14H20N2O3. The minimum Gasteiger partial charge on any atom is -0.477 e. The van der Waals surface area contributed by atoms with Gasteiger partial charge in [-0.3, -0.25) is 4.79 Å². The van der Waals surface area contributed by atoms with E-state index in [9.17, 15) is 9.59 Å². The molecule has 1 aliphatic heterocycles. The van der Waals surface area contributed by atoms with Crippen molar-refractivity contribution in [3.63, 3.8) is 0 Å². The Morgan fingerprint density at radius 1 is 1.42 bits per heavy atom. The highest BCUT2D eigenvalue weighted by Crippen LogP contribution is 2.15. The largest absolute Gasteiger partial charge is 0.477 e. The van der Waals surface area contributed by atoms with E-state index in [0.717, 1.165) is 25.3 Å². The van der Waals surface area contributed by atoms with Gasteiger partial charge in [-0.05, 0) is 39.8 Å². The van der Waals surface area contributed by atoms with Gasteiger partial charge in [0, 0.05) is 30.5 Å². The second-order valence-electron chi connectivity index (χ2n) is 5.26. The van der Waals surface area contributed by atoms with E-state index in [4.69, 9.17) is 5.11 Å². The SMILES string of the molecule is Cc1cc(=O)c(C(=O)O)cn1C(C)CN1CCCC1. The van der Waals surface area contributed by atoms with Gasteiger partial charge in [-0.15, -0.1) is 0 Å². The first-order valence-corrected chi connectivity index (χ1v) is 6.67. The molecule has 1 fully saturated rings. The molecule has 0 amide bonds. The molecule has 104 valence electrons. The molecule has 1 unspecified atom stereocenters. The molecule has 2 rings (SSSR count). The van der Waals surface area contributed by atoms with Crippen molar-refractivity contribution in [1.82, 2.24) is 9.47 Å². The number of pyridine rings is 1. The zero-order chi connectivity index (χ0) is 14.0. The van der Waals surface area contributed by atoms with Crippen LogP contribution in [0.5, 0.6) is 0 Å². The maximum atomic E-state index is 11.6. The predicted molar refractivity (Wildman–Crippen MR) is 72.8 cm³/mol. The van der Waals surface area contributed by atoms with Crippen LogP contribution in [0.2, 0.25) is 0 Å². The van der Waals surface area contributed by atoms with Crippen molar-refractivity contribution in [1.29, 1.82) is 0 Å². The molecule has 0 bridgehead atoms. The van der Waals surface area contributed by atoms with E-state index in [0.29, 0.717) is 0 Å². The summed E-state index contributed by atoms with van der Waals surface area (Å²) in [5.41, 5.74) is 0.232. The Kier molecular flexibility index (Phi) is 4.04. The van der Waals surface area contributed by atoms with Crippen LogP contribution in [0.4, 0.5) is 0 Å². The van der Waals surface area contributed by atoms with Crippen molar-refractivity contribution < 1.29 is 9.90 Å². The first-order valence-electron chi connectivity index (χ1n) is 6.67. The van der Waals surface area contributed by atoms with Gasteiger partial charge >= 0.3 is 5.97 Å². The molecule has 1 aromatic rings. The van der Waals surface area contributed by atoms with E-state index in [1.54, 1.807) is 0 Å². The number of carboxylic acid groups (broad SMARTS) is 1. The van der Waals surface area contributed by atoms with Gasteiger partial charge in [0.2, 0.25) is 0 Å². The lowest BCUT2D eigenvalue weighted by molar-refractivity contribution is 0.0694. The molecule has 1 atom stereocenters. The molecule has 2 heterocycles. The van der Waals surface area contributed by atoms with Crippen LogP contribution in [0.25, 0.3) is 0 Å². The molecule has 1 saturated heterocycles. The van der Waals surface area contributed by atoms with E-state index in [1.807, 2.05) is 11.5 Å². The Hall–Kier alpha value is -1.62. The average Bonchev–Trinajstić information content (AvgIpc) is 2.81. The molecule has 0 saturated carbocycles. The van der Waals surface area contributed by atoms with Crippen molar-refractivity contribution in [2.24, 2.45) is 0 Å². The summed E-state index contributed by atoms with van der Waals surface area (Å²) in [5.74, 6) is -1.16. The van der Waals surface area contributed by atoms with Gasteiger partial charge < -0.3 is 14.6 Å². The van der Waals surface area contributed by atoms with E-state index in [-0.39, 0.29) is 11.6 Å². The van der Waals surface area contributed by atoms with Crippen LogP contribution in [0.3, 0.4) is 0 Å². The minimum atomic E-state index is -1.16. The highest BCUT2D eigenvalue weighted by molar-refractivity contribution is 5.87. The normalized spacial score (nSPS) is 17.6. The van der Waals surface area contributed by atoms with Gasteiger partial charge in [-0.25, -0.2) is 4.79 Å². The smallest absolute Gasteiger partial charge is 0.341 e. The van der Waals surface area contributed by atoms with Crippen LogP contribution >= 0.6 is 0 Å². The van der Waals surface area contributed by atoms with Crippen LogP contribution < -0.4 is 5.43 Å². The molecule has 1 aromatic heterocycles. The van der Waals surface area contributed by atoms with Crippen LogP contribution in [-0.4, -0.2) is 40.2 Å². The molecule has 5 heteroatoms. The number of nitrogens with zero attached hydrogens (tertiary/aromatic N) is 2. The average molecular weight is 264 g/mol. The van der Waals surface area contributed by atoms with Crippen LogP contribution in [0.15, 0.2) is 17.1 Å². The molecule has 0 aliphatic carbocycles. The van der Waals surface area contributed by atoms with Gasteiger partial charge in [-0.1, -0.05) is 0 Å². The lowest BCUT2D eigenvalue weighted by Crippen LogP contribution is -2.29. The summed E-state index contributed by atoms with van der Waals surface area (Å²) in [5, 5.41) is 9.02. The van der Waals surface area contributed by atoms with Crippen molar-refractivity contribution in [2.45, 2.75) is 32.7 Å². The fourth-order valence-corrected chi connectivity index (χ4v) is 2.71. The number of carboxylic acids is 1. The summed E-state index contributed by atoms with van der Waals surface area (Å²) in [6.07, 6.45) is 3.94. The Balaban J connectivity index is 2.25. The number of rotatable bonds is 4. The Bertz CT molecular complexity index is 530. The number of aromatic carboxylic acids is 1. The first-order chi connectivity index (χ1) is 8.99. The second-order valence-corrected chi connectivity index (χ2v) is 5.26. The second kappa shape index (κ2) is 5.57. The standard InChI is InChI=1S/C14H20N2O3/c1-10-7-13(17)12(14(18)19)9-16(10)11(2)8-15-5-3-4-6-15/h7,9,11H,3-6,8H2,1-2H3,(H,18,19). The lowest BCUT2D eigenvalue weighted by atomic mass is 10.2. The minimum absolute atomic E-state index is 0.154. The first kappa shape index (κ1) is 13.8. The van der Waals surface area contributed by atoms with Gasteiger partial charge in [0.15, 0.2) is 5.43 Å². The number of aromatic nitrogens is 1. The lowest BCUT2D eigenvalue weighted by Gasteiger charge is -2.24. The molecule has 19 heavy (non-hydrogen) atoms. The molecule has 5 nitrogen and oxygen atoms in total. The van der Waals surface area contributed by atoms with E-state index in [1.165, 1.54) is 25.1 Å². The van der Waals surface area contributed by atoms with Crippen molar-refractivity contribution in [3.8, 4) is 0 Å². The third kappa shape index (κ3) is 3.04. The molecule has 0 aromatic carbocycles. The molecule has 0 radical (unpaired) electrons. The summed E-state index contributed by atoms with van der Waals surface area (Å²) in [6, 6.07) is 1.57. The number of likely N-dealkylation sites (tertiary alicyclic amines) is 1. The van der Waals surface area contributed by atoms with Gasteiger partial charge in [-0.2, -0.15) is 0 Å². The summed E-state index contributed by atoms with van der Waals surface area (Å²) in [4.78, 5) is 25.0. The Labute approximate surface area is 112 Å². The number of hydrogen-bond donors (Lipinski definition) is 1. The third-order valence-corrected chi connectivity index (χ3v) is 3.71. The highest BCUT2D eigenvalue weighted by Gasteiger charge is 2.18. The highest BCUT2D eigenvalue weighted by atomic mass is 16.4. The fraction of sp³-hybridized carbons (Fsp3) is 0.571. The Morgan fingerprint density at radius 2 is 2.05 bits per heavy atom.